The summed E-state index contributed by atoms with van der Waals surface area (Å²) < 4.78 is 5.34. The molecule has 1 saturated heterocycles. The molecule has 1 N–H and O–H groups in total. The van der Waals surface area contributed by atoms with Crippen LogP contribution < -0.4 is 5.32 Å². The van der Waals surface area contributed by atoms with Crippen LogP contribution in [0.2, 0.25) is 5.02 Å². The third kappa shape index (κ3) is 6.33. The molecular weight excluding hydrogens is 428 g/mol. The fraction of sp³-hybridized carbons (Fsp3) is 0.400. The molecule has 1 aliphatic rings. The van der Waals surface area contributed by atoms with Crippen molar-refractivity contribution in [3.8, 4) is 0 Å². The van der Waals surface area contributed by atoms with Crippen LogP contribution in [0, 0.1) is 5.92 Å². The lowest BCUT2D eigenvalue weighted by Gasteiger charge is -2.33. The van der Waals surface area contributed by atoms with Crippen LogP contribution in [0.4, 0.5) is 0 Å². The first-order valence-corrected chi connectivity index (χ1v) is 11.3. The number of likely N-dealkylation sites (tertiary alicyclic amines) is 1. The molecule has 0 aliphatic carbocycles. The third-order valence-electron chi connectivity index (χ3n) is 5.75. The molecule has 0 radical (unpaired) electrons. The average molecular weight is 457 g/mol. The summed E-state index contributed by atoms with van der Waals surface area (Å²) >= 11 is 6.02. The molecule has 0 spiro atoms. The number of benzene rings is 2. The van der Waals surface area contributed by atoms with Crippen LogP contribution >= 0.6 is 11.6 Å². The Morgan fingerprint density at radius 1 is 1.03 bits per heavy atom. The number of nitrogens with zero attached hydrogens (tertiary/aromatic N) is 1. The van der Waals surface area contributed by atoms with Crippen LogP contribution in [0.15, 0.2) is 54.6 Å². The fourth-order valence-corrected chi connectivity index (χ4v) is 4.09. The summed E-state index contributed by atoms with van der Waals surface area (Å²) in [6, 6.07) is 16.0. The normalized spacial score (nSPS) is 16.2. The molecule has 2 aromatic rings. The van der Waals surface area contributed by atoms with Crippen molar-refractivity contribution in [3.05, 3.63) is 70.7 Å². The van der Waals surface area contributed by atoms with Crippen molar-refractivity contribution in [1.82, 2.24) is 10.2 Å². The molecule has 1 unspecified atom stereocenters. The van der Waals surface area contributed by atoms with Crippen molar-refractivity contribution in [3.63, 3.8) is 0 Å². The van der Waals surface area contributed by atoms with Gasteiger partial charge in [0.25, 0.3) is 11.8 Å². The van der Waals surface area contributed by atoms with Crippen molar-refractivity contribution in [2.24, 2.45) is 5.92 Å². The number of rotatable bonds is 7. The van der Waals surface area contributed by atoms with E-state index in [4.69, 9.17) is 16.3 Å². The number of ether oxygens (including phenoxy) is 1. The standard InChI is InChI=1S/C25H29ClN2O4/c1-17(27-23(29)21-10-6-7-11-22(21)26)25(31)32-18(2)24(30)28-14-12-20(13-15-28)16-19-8-4-3-5-9-19/h3-11,17-18,20H,12-16H2,1-2H3,(H,27,29)/t17-,18?/m0/s1. The molecule has 0 saturated carbocycles. The molecule has 0 aromatic heterocycles. The van der Waals surface area contributed by atoms with E-state index in [0.717, 1.165) is 19.3 Å². The summed E-state index contributed by atoms with van der Waals surface area (Å²) in [5.74, 6) is -0.801. The second-order valence-electron chi connectivity index (χ2n) is 8.21. The minimum absolute atomic E-state index is 0.207. The maximum atomic E-state index is 12.8. The number of carbonyl (C=O) groups excluding carboxylic acids is 3. The monoisotopic (exact) mass is 456 g/mol. The van der Waals surface area contributed by atoms with Gasteiger partial charge in [0.05, 0.1) is 10.6 Å². The minimum atomic E-state index is -0.911. The zero-order chi connectivity index (χ0) is 23.1. The number of hydrogen-bond acceptors (Lipinski definition) is 4. The molecule has 1 aliphatic heterocycles. The van der Waals surface area contributed by atoms with Crippen LogP contribution in [0.5, 0.6) is 0 Å². The summed E-state index contributed by atoms with van der Waals surface area (Å²) in [7, 11) is 0. The summed E-state index contributed by atoms with van der Waals surface area (Å²) in [4.78, 5) is 39.2. The number of carbonyl (C=O) groups is 3. The first-order chi connectivity index (χ1) is 15.3. The lowest BCUT2D eigenvalue weighted by Crippen LogP contribution is -2.47. The van der Waals surface area contributed by atoms with E-state index in [1.165, 1.54) is 12.5 Å². The Morgan fingerprint density at radius 2 is 1.66 bits per heavy atom. The van der Waals surface area contributed by atoms with E-state index in [1.807, 2.05) is 18.2 Å². The quantitative estimate of drug-likeness (QED) is 0.641. The van der Waals surface area contributed by atoms with Gasteiger partial charge in [-0.2, -0.15) is 0 Å². The SMILES string of the molecule is CC(OC(=O)[C@H](C)NC(=O)c1ccccc1Cl)C(=O)N1CCC(Cc2ccccc2)CC1. The summed E-state index contributed by atoms with van der Waals surface area (Å²) in [5.41, 5.74) is 1.59. The highest BCUT2D eigenvalue weighted by molar-refractivity contribution is 6.33. The number of esters is 1. The topological polar surface area (TPSA) is 75.7 Å². The predicted octanol–water partition coefficient (Wildman–Crippen LogP) is 3.87. The Morgan fingerprint density at radius 3 is 2.31 bits per heavy atom. The van der Waals surface area contributed by atoms with Gasteiger partial charge in [0.1, 0.15) is 6.04 Å². The number of halogens is 1. The molecule has 0 bridgehead atoms. The molecule has 1 heterocycles. The highest BCUT2D eigenvalue weighted by atomic mass is 35.5. The van der Waals surface area contributed by atoms with Crippen molar-refractivity contribution >= 4 is 29.4 Å². The third-order valence-corrected chi connectivity index (χ3v) is 6.08. The van der Waals surface area contributed by atoms with Gasteiger partial charge in [0, 0.05) is 13.1 Å². The Kier molecular flexibility index (Phi) is 8.28. The van der Waals surface area contributed by atoms with Gasteiger partial charge in [-0.1, -0.05) is 54.1 Å². The van der Waals surface area contributed by atoms with Gasteiger partial charge >= 0.3 is 5.97 Å². The number of hydrogen-bond donors (Lipinski definition) is 1. The minimum Gasteiger partial charge on any atom is -0.451 e. The first kappa shape index (κ1) is 23.8. The van der Waals surface area contributed by atoms with Crippen LogP contribution in [0.3, 0.4) is 0 Å². The van der Waals surface area contributed by atoms with Crippen LogP contribution in [0.25, 0.3) is 0 Å². The molecule has 32 heavy (non-hydrogen) atoms. The maximum absolute atomic E-state index is 12.8. The van der Waals surface area contributed by atoms with Gasteiger partial charge in [-0.15, -0.1) is 0 Å². The molecule has 7 heteroatoms. The molecule has 1 fully saturated rings. The Labute approximate surface area is 193 Å². The molecular formula is C25H29ClN2O4. The maximum Gasteiger partial charge on any atom is 0.329 e. The summed E-state index contributed by atoms with van der Waals surface area (Å²) in [6.07, 6.45) is 1.95. The van der Waals surface area contributed by atoms with E-state index < -0.39 is 24.0 Å². The van der Waals surface area contributed by atoms with E-state index in [9.17, 15) is 14.4 Å². The highest BCUT2D eigenvalue weighted by Gasteiger charge is 2.29. The van der Waals surface area contributed by atoms with Gasteiger partial charge in [-0.05, 0) is 56.7 Å². The van der Waals surface area contributed by atoms with E-state index in [1.54, 1.807) is 36.1 Å². The molecule has 2 atom stereocenters. The zero-order valence-corrected chi connectivity index (χ0v) is 19.2. The first-order valence-electron chi connectivity index (χ1n) is 10.9. The van der Waals surface area contributed by atoms with Crippen LogP contribution in [0.1, 0.15) is 42.6 Å². The molecule has 6 nitrogen and oxygen atoms in total. The Balaban J connectivity index is 1.45. The average Bonchev–Trinajstić information content (AvgIpc) is 2.80. The van der Waals surface area contributed by atoms with Gasteiger partial charge < -0.3 is 15.0 Å². The lowest BCUT2D eigenvalue weighted by molar-refractivity contribution is -0.160. The zero-order valence-electron chi connectivity index (χ0n) is 18.4. The van der Waals surface area contributed by atoms with Crippen molar-refractivity contribution in [2.45, 2.75) is 45.3 Å². The van der Waals surface area contributed by atoms with E-state index in [-0.39, 0.29) is 11.5 Å². The van der Waals surface area contributed by atoms with E-state index >= 15 is 0 Å². The van der Waals surface area contributed by atoms with Gasteiger partial charge in [-0.3, -0.25) is 9.59 Å². The van der Waals surface area contributed by atoms with Gasteiger partial charge in [0.2, 0.25) is 0 Å². The summed E-state index contributed by atoms with van der Waals surface area (Å²) in [5, 5.41) is 2.86. The van der Waals surface area contributed by atoms with Crippen LogP contribution in [-0.4, -0.2) is 47.9 Å². The number of piperidine rings is 1. The van der Waals surface area contributed by atoms with Crippen LogP contribution in [-0.2, 0) is 20.7 Å². The summed E-state index contributed by atoms with van der Waals surface area (Å²) in [6.45, 7) is 4.39. The van der Waals surface area contributed by atoms with Crippen molar-refractivity contribution < 1.29 is 19.1 Å². The van der Waals surface area contributed by atoms with Crippen molar-refractivity contribution in [1.29, 1.82) is 0 Å². The highest BCUT2D eigenvalue weighted by Crippen LogP contribution is 2.22. The second-order valence-corrected chi connectivity index (χ2v) is 8.62. The van der Waals surface area contributed by atoms with Gasteiger partial charge in [-0.25, -0.2) is 4.79 Å². The second kappa shape index (κ2) is 11.1. The molecule has 2 aromatic carbocycles. The molecule has 3 rings (SSSR count). The van der Waals surface area contributed by atoms with E-state index in [0.29, 0.717) is 24.0 Å². The lowest BCUT2D eigenvalue weighted by atomic mass is 9.90. The molecule has 170 valence electrons. The Hall–Kier alpha value is -2.86. The number of nitrogens with one attached hydrogen (secondary N) is 1. The number of amides is 2. The van der Waals surface area contributed by atoms with Crippen molar-refractivity contribution in [2.75, 3.05) is 13.1 Å². The largest absolute Gasteiger partial charge is 0.451 e. The smallest absolute Gasteiger partial charge is 0.329 e. The van der Waals surface area contributed by atoms with Gasteiger partial charge in [0.15, 0.2) is 6.10 Å². The molecule has 2 amide bonds. The Bertz CT molecular complexity index is 942. The fourth-order valence-electron chi connectivity index (χ4n) is 3.87. The van der Waals surface area contributed by atoms with E-state index in [2.05, 4.69) is 17.4 Å². The predicted molar refractivity (Wildman–Crippen MR) is 123 cm³/mol.